The highest BCUT2D eigenvalue weighted by molar-refractivity contribution is 5.96. The van der Waals surface area contributed by atoms with Gasteiger partial charge in [-0.1, -0.05) is 0 Å². The van der Waals surface area contributed by atoms with Gasteiger partial charge in [0, 0.05) is 51.6 Å². The van der Waals surface area contributed by atoms with Crippen molar-refractivity contribution in [2.24, 2.45) is 0 Å². The van der Waals surface area contributed by atoms with Gasteiger partial charge in [0.1, 0.15) is 5.56 Å². The Morgan fingerprint density at radius 3 is 2.72 bits per heavy atom. The summed E-state index contributed by atoms with van der Waals surface area (Å²) in [6.07, 6.45) is 3.39. The minimum atomic E-state index is -0.00916. The molecule has 2 fully saturated rings. The van der Waals surface area contributed by atoms with Crippen LogP contribution in [-0.4, -0.2) is 86.4 Å². The summed E-state index contributed by atoms with van der Waals surface area (Å²) in [6.45, 7) is 6.34. The lowest BCUT2D eigenvalue weighted by Gasteiger charge is -2.36. The Morgan fingerprint density at radius 2 is 2.00 bits per heavy atom. The van der Waals surface area contributed by atoms with Crippen LogP contribution in [0, 0.1) is 0 Å². The summed E-state index contributed by atoms with van der Waals surface area (Å²) in [4.78, 5) is 21.7. The fourth-order valence-electron chi connectivity index (χ4n) is 3.39. The molecule has 7 nitrogen and oxygen atoms in total. The number of carbonyl (C=O) groups excluding carboxylic acids is 1. The SMILES string of the molecule is COc1ncccc1C(=O)N(CCN1CCOCC1)C1CCOCC1. The van der Waals surface area contributed by atoms with E-state index in [1.807, 2.05) is 4.90 Å². The Kier molecular flexibility index (Phi) is 6.61. The Labute approximate surface area is 148 Å². The molecule has 0 saturated carbocycles. The van der Waals surface area contributed by atoms with E-state index in [0.29, 0.717) is 31.2 Å². The molecular weight excluding hydrogens is 322 g/mol. The van der Waals surface area contributed by atoms with Gasteiger partial charge in [-0.15, -0.1) is 0 Å². The van der Waals surface area contributed by atoms with Gasteiger partial charge >= 0.3 is 0 Å². The van der Waals surface area contributed by atoms with Crippen molar-refractivity contribution in [3.63, 3.8) is 0 Å². The van der Waals surface area contributed by atoms with E-state index in [1.165, 1.54) is 0 Å². The predicted molar refractivity (Wildman–Crippen MR) is 92.9 cm³/mol. The highest BCUT2D eigenvalue weighted by Crippen LogP contribution is 2.21. The van der Waals surface area contributed by atoms with Gasteiger partial charge in [-0.05, 0) is 25.0 Å². The number of methoxy groups -OCH3 is 1. The minimum absolute atomic E-state index is 0.00916. The largest absolute Gasteiger partial charge is 0.480 e. The molecule has 1 aromatic heterocycles. The molecule has 0 aromatic carbocycles. The molecule has 1 aromatic rings. The van der Waals surface area contributed by atoms with Gasteiger partial charge in [0.25, 0.3) is 5.91 Å². The van der Waals surface area contributed by atoms with Gasteiger partial charge in [-0.3, -0.25) is 9.69 Å². The van der Waals surface area contributed by atoms with Gasteiger partial charge in [0.15, 0.2) is 0 Å². The first-order valence-corrected chi connectivity index (χ1v) is 8.97. The lowest BCUT2D eigenvalue weighted by Crippen LogP contribution is -2.48. The number of amides is 1. The molecule has 25 heavy (non-hydrogen) atoms. The quantitative estimate of drug-likeness (QED) is 0.765. The summed E-state index contributed by atoms with van der Waals surface area (Å²) >= 11 is 0. The van der Waals surface area contributed by atoms with Gasteiger partial charge in [0.2, 0.25) is 5.88 Å². The van der Waals surface area contributed by atoms with Crippen molar-refractivity contribution in [2.75, 3.05) is 59.7 Å². The van der Waals surface area contributed by atoms with Crippen molar-refractivity contribution in [3.8, 4) is 5.88 Å². The van der Waals surface area contributed by atoms with Crippen molar-refractivity contribution in [1.29, 1.82) is 0 Å². The van der Waals surface area contributed by atoms with Crippen LogP contribution in [-0.2, 0) is 9.47 Å². The highest BCUT2D eigenvalue weighted by atomic mass is 16.5. The summed E-state index contributed by atoms with van der Waals surface area (Å²) in [5.41, 5.74) is 0.526. The zero-order valence-electron chi connectivity index (χ0n) is 14.9. The highest BCUT2D eigenvalue weighted by Gasteiger charge is 2.29. The van der Waals surface area contributed by atoms with E-state index in [-0.39, 0.29) is 11.9 Å². The van der Waals surface area contributed by atoms with Crippen molar-refractivity contribution < 1.29 is 19.0 Å². The zero-order valence-corrected chi connectivity index (χ0v) is 14.9. The van der Waals surface area contributed by atoms with E-state index in [1.54, 1.807) is 25.4 Å². The molecule has 0 unspecified atom stereocenters. The first-order valence-electron chi connectivity index (χ1n) is 8.97. The van der Waals surface area contributed by atoms with Crippen LogP contribution in [0.4, 0.5) is 0 Å². The first-order chi connectivity index (χ1) is 12.3. The number of carbonyl (C=O) groups is 1. The molecule has 1 amide bonds. The molecule has 2 saturated heterocycles. The van der Waals surface area contributed by atoms with Crippen molar-refractivity contribution in [2.45, 2.75) is 18.9 Å². The van der Waals surface area contributed by atoms with Crippen molar-refractivity contribution in [3.05, 3.63) is 23.9 Å². The second-order valence-corrected chi connectivity index (χ2v) is 6.36. The van der Waals surface area contributed by atoms with Crippen LogP contribution in [0.2, 0.25) is 0 Å². The van der Waals surface area contributed by atoms with Crippen LogP contribution >= 0.6 is 0 Å². The molecule has 7 heteroatoms. The monoisotopic (exact) mass is 349 g/mol. The van der Waals surface area contributed by atoms with Crippen molar-refractivity contribution in [1.82, 2.24) is 14.8 Å². The number of morpholine rings is 1. The maximum atomic E-state index is 13.2. The summed E-state index contributed by atoms with van der Waals surface area (Å²) in [7, 11) is 1.55. The lowest BCUT2D eigenvalue weighted by molar-refractivity contribution is 0.0140. The van der Waals surface area contributed by atoms with Crippen molar-refractivity contribution >= 4 is 5.91 Å². The van der Waals surface area contributed by atoms with Crippen LogP contribution in [0.1, 0.15) is 23.2 Å². The molecule has 2 aliphatic heterocycles. The van der Waals surface area contributed by atoms with E-state index >= 15 is 0 Å². The van der Waals surface area contributed by atoms with Gasteiger partial charge in [0.05, 0.1) is 20.3 Å². The normalized spacial score (nSPS) is 19.6. The molecular formula is C18H27N3O4. The number of rotatable bonds is 6. The van der Waals surface area contributed by atoms with E-state index in [4.69, 9.17) is 14.2 Å². The summed E-state index contributed by atoms with van der Waals surface area (Å²) in [6, 6.07) is 3.77. The summed E-state index contributed by atoms with van der Waals surface area (Å²) < 4.78 is 16.2. The Balaban J connectivity index is 1.73. The second-order valence-electron chi connectivity index (χ2n) is 6.36. The third-order valence-corrected chi connectivity index (χ3v) is 4.85. The third-order valence-electron chi connectivity index (χ3n) is 4.85. The smallest absolute Gasteiger partial charge is 0.259 e. The van der Waals surface area contributed by atoms with Crippen LogP contribution in [0.3, 0.4) is 0 Å². The number of hydrogen-bond donors (Lipinski definition) is 0. The fraction of sp³-hybridized carbons (Fsp3) is 0.667. The first kappa shape index (κ1) is 18.1. The minimum Gasteiger partial charge on any atom is -0.480 e. The average Bonchev–Trinajstić information content (AvgIpc) is 2.69. The van der Waals surface area contributed by atoms with Crippen LogP contribution in [0.25, 0.3) is 0 Å². The molecule has 0 radical (unpaired) electrons. The molecule has 3 rings (SSSR count). The van der Waals surface area contributed by atoms with E-state index in [2.05, 4.69) is 9.88 Å². The van der Waals surface area contributed by atoms with E-state index in [9.17, 15) is 4.79 Å². The topological polar surface area (TPSA) is 64.1 Å². The molecule has 0 N–H and O–H groups in total. The average molecular weight is 349 g/mol. The molecule has 3 heterocycles. The number of nitrogens with zero attached hydrogens (tertiary/aromatic N) is 3. The molecule has 2 aliphatic rings. The predicted octanol–water partition coefficient (Wildman–Crippen LogP) is 1.04. The van der Waals surface area contributed by atoms with Crippen LogP contribution in [0.5, 0.6) is 5.88 Å². The molecule has 0 bridgehead atoms. The number of hydrogen-bond acceptors (Lipinski definition) is 6. The molecule has 0 atom stereocenters. The van der Waals surface area contributed by atoms with Crippen LogP contribution in [0.15, 0.2) is 18.3 Å². The van der Waals surface area contributed by atoms with Gasteiger partial charge < -0.3 is 19.1 Å². The summed E-state index contributed by atoms with van der Waals surface area (Å²) in [5, 5.41) is 0. The lowest BCUT2D eigenvalue weighted by atomic mass is 10.1. The van der Waals surface area contributed by atoms with Crippen LogP contribution < -0.4 is 4.74 Å². The number of aromatic nitrogens is 1. The Morgan fingerprint density at radius 1 is 1.28 bits per heavy atom. The molecule has 138 valence electrons. The Bertz CT molecular complexity index is 557. The van der Waals surface area contributed by atoms with Gasteiger partial charge in [-0.2, -0.15) is 0 Å². The summed E-state index contributed by atoms with van der Waals surface area (Å²) in [5.74, 6) is 0.376. The van der Waals surface area contributed by atoms with E-state index < -0.39 is 0 Å². The van der Waals surface area contributed by atoms with E-state index in [0.717, 1.165) is 45.7 Å². The van der Waals surface area contributed by atoms with Gasteiger partial charge in [-0.25, -0.2) is 4.98 Å². The third kappa shape index (κ3) is 4.68. The number of pyridine rings is 1. The number of ether oxygens (including phenoxy) is 3. The Hall–Kier alpha value is -1.70. The second kappa shape index (κ2) is 9.12. The maximum Gasteiger partial charge on any atom is 0.259 e. The molecule has 0 spiro atoms. The standard InChI is InChI=1S/C18H27N3O4/c1-23-17-16(3-2-6-19-17)18(22)21(15-4-11-24-12-5-15)8-7-20-9-13-25-14-10-20/h2-3,6,15H,4-5,7-14H2,1H3. The zero-order chi connectivity index (χ0) is 17.5. The fourth-order valence-corrected chi connectivity index (χ4v) is 3.39. The molecule has 0 aliphatic carbocycles. The maximum absolute atomic E-state index is 13.2.